The van der Waals surface area contributed by atoms with Crippen molar-refractivity contribution >= 4 is 41.3 Å². The zero-order chi connectivity index (χ0) is 35.9. The highest BCUT2D eigenvalue weighted by molar-refractivity contribution is 6.30. The smallest absolute Gasteiger partial charge is 0.292 e. The van der Waals surface area contributed by atoms with Crippen molar-refractivity contribution in [1.82, 2.24) is 30.1 Å². The van der Waals surface area contributed by atoms with Gasteiger partial charge in [0.1, 0.15) is 12.4 Å². The van der Waals surface area contributed by atoms with Crippen molar-refractivity contribution in [3.8, 4) is 0 Å². The van der Waals surface area contributed by atoms with Crippen LogP contribution in [0.4, 0.5) is 33.5 Å². The van der Waals surface area contributed by atoms with Crippen LogP contribution < -0.4 is 20.9 Å². The molecule has 2 aliphatic rings. The molecule has 2 aliphatic heterocycles. The lowest BCUT2D eigenvalue weighted by molar-refractivity contribution is -0.122. The molecule has 4 heterocycles. The molecular weight excluding hydrogens is 675 g/mol. The Bertz CT molecular complexity index is 1800. The second kappa shape index (κ2) is 15.9. The summed E-state index contributed by atoms with van der Waals surface area (Å²) in [6.45, 7) is 0.666. The van der Waals surface area contributed by atoms with Crippen molar-refractivity contribution in [3.63, 3.8) is 0 Å². The average Bonchev–Trinajstić information content (AvgIpc) is 3.50. The fourth-order valence-corrected chi connectivity index (χ4v) is 5.08. The van der Waals surface area contributed by atoms with Crippen molar-refractivity contribution in [2.75, 3.05) is 37.9 Å². The van der Waals surface area contributed by atoms with Crippen molar-refractivity contribution < 1.29 is 36.3 Å². The Kier molecular flexibility index (Phi) is 11.9. The number of hydrogen-bond acceptors (Lipinski definition) is 7. The number of alkyl halides is 2. The zero-order valence-corrected chi connectivity index (χ0v) is 27.3. The number of fused-ring (bicyclic) bond motifs is 2. The quantitative estimate of drug-likeness (QED) is 0.192. The van der Waals surface area contributed by atoms with Crippen LogP contribution in [-0.2, 0) is 41.7 Å². The maximum absolute atomic E-state index is 13.2. The van der Waals surface area contributed by atoms with Crippen LogP contribution in [0.1, 0.15) is 33.0 Å². The standard InChI is InChI=1S/C17H21N7O3.C9H7F4N.C6H4ClF/c1-23(2)8-12-3-11(4-18-5-12)6-20-17(27)16-22-15(21-10-25)13-7-19-14(26)9-24(13)16;1-14-4-9(12,13)5-2-6(10)7(11)3-8(5)14;7-5-1-3-6(8)4-2-5/h3-5,10H,6-9H2,1-2H3,(H,19,26)(H,20,27)(H,21,25);2-3H,4H2,1H3;1-4H. The first-order valence-corrected chi connectivity index (χ1v) is 15.0. The number of carbonyl (C=O) groups excluding carboxylic acids is 3. The molecule has 0 saturated carbocycles. The van der Waals surface area contributed by atoms with E-state index in [-0.39, 0.29) is 48.7 Å². The van der Waals surface area contributed by atoms with Gasteiger partial charge in [-0.15, -0.1) is 0 Å². The third-order valence-electron chi connectivity index (χ3n) is 7.11. The minimum atomic E-state index is -3.10. The number of benzene rings is 2. The number of halogens is 6. The number of hydrogen-bond donors (Lipinski definition) is 3. The van der Waals surface area contributed by atoms with Gasteiger partial charge in [-0.2, -0.15) is 8.78 Å². The van der Waals surface area contributed by atoms with Gasteiger partial charge in [-0.05, 0) is 61.6 Å². The molecule has 0 aliphatic carbocycles. The molecule has 0 saturated heterocycles. The molecule has 49 heavy (non-hydrogen) atoms. The third-order valence-corrected chi connectivity index (χ3v) is 7.36. The molecule has 0 spiro atoms. The molecule has 3 N–H and O–H groups in total. The molecule has 11 nitrogen and oxygen atoms in total. The molecule has 3 amide bonds. The van der Waals surface area contributed by atoms with Gasteiger partial charge in [-0.3, -0.25) is 19.4 Å². The first-order valence-electron chi connectivity index (χ1n) is 14.6. The van der Waals surface area contributed by atoms with E-state index in [1.807, 2.05) is 25.1 Å². The van der Waals surface area contributed by atoms with Crippen LogP contribution >= 0.6 is 11.6 Å². The molecule has 4 aromatic rings. The Labute approximate surface area is 283 Å². The Hall–Kier alpha value is -5.09. The summed E-state index contributed by atoms with van der Waals surface area (Å²) in [6, 6.07) is 9.00. The summed E-state index contributed by atoms with van der Waals surface area (Å²) >= 11 is 5.44. The molecule has 0 radical (unpaired) electrons. The summed E-state index contributed by atoms with van der Waals surface area (Å²) in [6.07, 6.45) is 3.96. The number of likely N-dealkylation sites (N-methyl/N-ethyl adjacent to an activating group) is 1. The lowest BCUT2D eigenvalue weighted by Crippen LogP contribution is -2.36. The summed E-state index contributed by atoms with van der Waals surface area (Å²) in [5.74, 6) is -5.98. The summed E-state index contributed by atoms with van der Waals surface area (Å²) in [4.78, 5) is 46.7. The summed E-state index contributed by atoms with van der Waals surface area (Å²) < 4.78 is 65.3. The van der Waals surface area contributed by atoms with E-state index in [4.69, 9.17) is 11.6 Å². The fourth-order valence-electron chi connectivity index (χ4n) is 4.96. The molecule has 0 fully saturated rings. The van der Waals surface area contributed by atoms with E-state index in [1.165, 1.54) is 40.8 Å². The first kappa shape index (κ1) is 36.7. The normalized spacial score (nSPS) is 14.0. The van der Waals surface area contributed by atoms with Gasteiger partial charge in [0, 0.05) is 54.9 Å². The molecule has 260 valence electrons. The maximum atomic E-state index is 13.2. The van der Waals surface area contributed by atoms with E-state index in [9.17, 15) is 36.3 Å². The second-order valence-electron chi connectivity index (χ2n) is 11.3. The Morgan fingerprint density at radius 2 is 1.76 bits per heavy atom. The van der Waals surface area contributed by atoms with Gasteiger partial charge in [-0.1, -0.05) is 11.6 Å². The predicted molar refractivity (Wildman–Crippen MR) is 171 cm³/mol. The minimum absolute atomic E-state index is 0.0223. The largest absolute Gasteiger partial charge is 0.368 e. The number of rotatable bonds is 7. The van der Waals surface area contributed by atoms with E-state index in [2.05, 4.69) is 25.9 Å². The van der Waals surface area contributed by atoms with Crippen LogP contribution in [0.5, 0.6) is 0 Å². The molecule has 6 rings (SSSR count). The number of nitrogens with one attached hydrogen (secondary N) is 3. The Balaban J connectivity index is 0.000000202. The molecular formula is C32H32ClF5N8O3. The highest BCUT2D eigenvalue weighted by Gasteiger charge is 2.43. The summed E-state index contributed by atoms with van der Waals surface area (Å²) in [7, 11) is 5.35. The molecule has 2 aromatic heterocycles. The van der Waals surface area contributed by atoms with Gasteiger partial charge in [-0.25, -0.2) is 18.2 Å². The number of imidazole rings is 1. The highest BCUT2D eigenvalue weighted by atomic mass is 35.5. The van der Waals surface area contributed by atoms with Crippen LogP contribution in [0.25, 0.3) is 0 Å². The number of anilines is 2. The number of pyridine rings is 1. The van der Waals surface area contributed by atoms with E-state index in [1.54, 1.807) is 12.4 Å². The van der Waals surface area contributed by atoms with E-state index in [0.29, 0.717) is 23.2 Å². The average molecular weight is 707 g/mol. The number of aromatic nitrogens is 3. The number of amides is 3. The zero-order valence-electron chi connectivity index (χ0n) is 26.5. The van der Waals surface area contributed by atoms with Crippen LogP contribution in [0.3, 0.4) is 0 Å². The second-order valence-corrected chi connectivity index (χ2v) is 11.7. The third kappa shape index (κ3) is 9.51. The number of nitrogens with zero attached hydrogens (tertiary/aromatic N) is 5. The van der Waals surface area contributed by atoms with Crippen LogP contribution in [0.15, 0.2) is 54.9 Å². The fraction of sp³-hybridized carbons (Fsp3) is 0.281. The first-order chi connectivity index (χ1) is 23.2. The van der Waals surface area contributed by atoms with Gasteiger partial charge in [0.05, 0.1) is 18.8 Å². The maximum Gasteiger partial charge on any atom is 0.292 e. The van der Waals surface area contributed by atoms with Gasteiger partial charge in [0.15, 0.2) is 17.5 Å². The van der Waals surface area contributed by atoms with Crippen molar-refractivity contribution in [1.29, 1.82) is 0 Å². The van der Waals surface area contributed by atoms with E-state index >= 15 is 0 Å². The lowest BCUT2D eigenvalue weighted by atomic mass is 10.1. The molecule has 0 atom stereocenters. The molecule has 0 bridgehead atoms. The van der Waals surface area contributed by atoms with Crippen molar-refractivity contribution in [3.05, 3.63) is 106 Å². The lowest BCUT2D eigenvalue weighted by Gasteiger charge is -2.17. The van der Waals surface area contributed by atoms with Gasteiger partial charge in [0.25, 0.3) is 11.8 Å². The minimum Gasteiger partial charge on any atom is -0.368 e. The summed E-state index contributed by atoms with van der Waals surface area (Å²) in [5, 5.41) is 8.49. The van der Waals surface area contributed by atoms with Crippen LogP contribution in [0.2, 0.25) is 5.02 Å². The van der Waals surface area contributed by atoms with Gasteiger partial charge < -0.3 is 30.3 Å². The Morgan fingerprint density at radius 3 is 2.41 bits per heavy atom. The Morgan fingerprint density at radius 1 is 1.08 bits per heavy atom. The SMILES string of the molecule is CN(C)Cc1cncc(CNC(=O)c2nc(NC=O)c3n2CC(=O)NC3)c1.CN1CC(F)(F)c2cc(F)c(F)cc21.Fc1ccc(Cl)cc1. The van der Waals surface area contributed by atoms with Crippen molar-refractivity contribution in [2.45, 2.75) is 32.1 Å². The highest BCUT2D eigenvalue weighted by Crippen LogP contribution is 2.43. The molecule has 2 aromatic carbocycles. The predicted octanol–water partition coefficient (Wildman–Crippen LogP) is 4.45. The van der Waals surface area contributed by atoms with E-state index in [0.717, 1.165) is 23.7 Å². The monoisotopic (exact) mass is 706 g/mol. The number of carbonyl (C=O) groups is 3. The van der Waals surface area contributed by atoms with Gasteiger partial charge >= 0.3 is 0 Å². The summed E-state index contributed by atoms with van der Waals surface area (Å²) in [5.41, 5.74) is 2.09. The molecule has 0 unspecified atom stereocenters. The molecule has 17 heteroatoms. The van der Waals surface area contributed by atoms with Crippen molar-refractivity contribution in [2.24, 2.45) is 0 Å². The van der Waals surface area contributed by atoms with Gasteiger partial charge in [0.2, 0.25) is 18.1 Å². The van der Waals surface area contributed by atoms with Crippen LogP contribution in [0, 0.1) is 17.5 Å². The topological polar surface area (TPSA) is 124 Å². The van der Waals surface area contributed by atoms with E-state index < -0.39 is 35.6 Å². The van der Waals surface area contributed by atoms with Crippen LogP contribution in [-0.4, -0.2) is 65.3 Å².